The van der Waals surface area contributed by atoms with E-state index in [0.29, 0.717) is 5.41 Å². The summed E-state index contributed by atoms with van der Waals surface area (Å²) in [4.78, 5) is 0. The summed E-state index contributed by atoms with van der Waals surface area (Å²) in [5.41, 5.74) is 1.43. The molecule has 150 valence electrons. The quantitative estimate of drug-likeness (QED) is 0.434. The van der Waals surface area contributed by atoms with Crippen molar-refractivity contribution < 1.29 is 0 Å². The molecule has 0 aliphatic heterocycles. The summed E-state index contributed by atoms with van der Waals surface area (Å²) in [7, 11) is 0. The zero-order chi connectivity index (χ0) is 18.4. The first-order valence-electron chi connectivity index (χ1n) is 12.4. The molecule has 26 heavy (non-hydrogen) atoms. The molecule has 4 rings (SSSR count). The molecule has 0 saturated heterocycles. The maximum Gasteiger partial charge on any atom is -0.0266 e. The van der Waals surface area contributed by atoms with Crippen molar-refractivity contribution in [2.24, 2.45) is 46.3 Å². The molecular formula is C26H46. The fourth-order valence-electron chi connectivity index (χ4n) is 8.82. The van der Waals surface area contributed by atoms with Crippen molar-refractivity contribution in [2.45, 2.75) is 118 Å². The highest BCUT2D eigenvalue weighted by Gasteiger charge is 2.59. The molecule has 4 fully saturated rings. The van der Waals surface area contributed by atoms with Gasteiger partial charge in [0.2, 0.25) is 0 Å². The molecule has 0 nitrogen and oxygen atoms in total. The molecule has 0 heterocycles. The van der Waals surface area contributed by atoms with Crippen LogP contribution in [0.2, 0.25) is 0 Å². The Balaban J connectivity index is 1.43. The highest BCUT2D eigenvalue weighted by molar-refractivity contribution is 5.08. The van der Waals surface area contributed by atoms with E-state index in [9.17, 15) is 0 Å². The predicted octanol–water partition coefficient (Wildman–Crippen LogP) is 8.25. The van der Waals surface area contributed by atoms with E-state index in [-0.39, 0.29) is 0 Å². The van der Waals surface area contributed by atoms with Gasteiger partial charge < -0.3 is 0 Å². The first-order valence-corrected chi connectivity index (χ1v) is 12.4. The Morgan fingerprint density at radius 1 is 0.769 bits per heavy atom. The van der Waals surface area contributed by atoms with Crippen molar-refractivity contribution in [1.82, 2.24) is 0 Å². The molecule has 0 bridgehead atoms. The molecule has 0 amide bonds. The second-order valence-electron chi connectivity index (χ2n) is 11.9. The maximum atomic E-state index is 2.74. The molecule has 0 N–H and O–H groups in total. The van der Waals surface area contributed by atoms with Crippen molar-refractivity contribution in [1.29, 1.82) is 0 Å². The summed E-state index contributed by atoms with van der Waals surface area (Å²) >= 11 is 0. The topological polar surface area (TPSA) is 0 Å². The van der Waals surface area contributed by atoms with Crippen LogP contribution >= 0.6 is 0 Å². The van der Waals surface area contributed by atoms with Crippen molar-refractivity contribution in [2.75, 3.05) is 0 Å². The van der Waals surface area contributed by atoms with E-state index in [2.05, 4.69) is 27.7 Å². The lowest BCUT2D eigenvalue weighted by atomic mass is 9.45. The highest BCUT2D eigenvalue weighted by Crippen LogP contribution is 2.67. The van der Waals surface area contributed by atoms with E-state index in [1.54, 1.807) is 51.4 Å². The molecule has 0 spiro atoms. The lowest BCUT2D eigenvalue weighted by Gasteiger charge is -2.60. The van der Waals surface area contributed by atoms with Gasteiger partial charge in [-0.2, -0.15) is 0 Å². The summed E-state index contributed by atoms with van der Waals surface area (Å²) < 4.78 is 0. The normalized spacial score (nSPS) is 48.1. The zero-order valence-corrected chi connectivity index (χ0v) is 18.4. The standard InChI is InChI=1S/C26H46/c1-19(2)9-5-6-10-21-13-15-23-22-14-12-20-11-7-8-17-25(20,3)24(22)16-18-26(21,23)4/h19-24H,5-18H2,1-4H3/t20?,21?,22?,23?,24?,25-,26+/m0/s1. The number of rotatable bonds is 5. The van der Waals surface area contributed by atoms with Crippen LogP contribution in [-0.4, -0.2) is 0 Å². The molecule has 4 saturated carbocycles. The Hall–Kier alpha value is 0. The van der Waals surface area contributed by atoms with Gasteiger partial charge in [-0.25, -0.2) is 0 Å². The largest absolute Gasteiger partial charge is 0.0628 e. The summed E-state index contributed by atoms with van der Waals surface area (Å²) in [6.45, 7) is 10.2. The van der Waals surface area contributed by atoms with E-state index in [4.69, 9.17) is 0 Å². The first kappa shape index (κ1) is 19.3. The molecular weight excluding hydrogens is 312 g/mol. The van der Waals surface area contributed by atoms with Gasteiger partial charge in [0.15, 0.2) is 0 Å². The van der Waals surface area contributed by atoms with Gasteiger partial charge in [0.25, 0.3) is 0 Å². The van der Waals surface area contributed by atoms with Gasteiger partial charge in [-0.05, 0) is 104 Å². The summed E-state index contributed by atoms with van der Waals surface area (Å²) in [5, 5.41) is 0. The van der Waals surface area contributed by atoms with Crippen LogP contribution in [-0.2, 0) is 0 Å². The predicted molar refractivity (Wildman–Crippen MR) is 113 cm³/mol. The van der Waals surface area contributed by atoms with E-state index >= 15 is 0 Å². The fourth-order valence-corrected chi connectivity index (χ4v) is 8.82. The second-order valence-corrected chi connectivity index (χ2v) is 11.9. The molecule has 0 radical (unpaired) electrons. The molecule has 0 heteroatoms. The number of hydrogen-bond acceptors (Lipinski definition) is 0. The lowest BCUT2D eigenvalue weighted by Crippen LogP contribution is -2.52. The maximum absolute atomic E-state index is 2.74. The average molecular weight is 359 g/mol. The van der Waals surface area contributed by atoms with Crippen LogP contribution in [0.3, 0.4) is 0 Å². The summed E-state index contributed by atoms with van der Waals surface area (Å²) in [6.07, 6.45) is 21.6. The van der Waals surface area contributed by atoms with E-state index < -0.39 is 0 Å². The van der Waals surface area contributed by atoms with E-state index in [1.165, 1.54) is 38.5 Å². The third kappa shape index (κ3) is 3.20. The Kier molecular flexibility index (Phi) is 5.53. The molecule has 4 aliphatic carbocycles. The average Bonchev–Trinajstić information content (AvgIpc) is 2.94. The molecule has 0 aromatic carbocycles. The van der Waals surface area contributed by atoms with Crippen molar-refractivity contribution in [3.05, 3.63) is 0 Å². The van der Waals surface area contributed by atoms with Crippen molar-refractivity contribution in [3.8, 4) is 0 Å². The van der Waals surface area contributed by atoms with Gasteiger partial charge in [0.05, 0.1) is 0 Å². The highest BCUT2D eigenvalue weighted by atomic mass is 14.6. The van der Waals surface area contributed by atoms with Crippen molar-refractivity contribution in [3.63, 3.8) is 0 Å². The lowest BCUT2D eigenvalue weighted by molar-refractivity contribution is -0.111. The van der Waals surface area contributed by atoms with E-state index in [1.807, 2.05) is 0 Å². The van der Waals surface area contributed by atoms with Gasteiger partial charge in [-0.15, -0.1) is 0 Å². The Morgan fingerprint density at radius 3 is 2.38 bits per heavy atom. The van der Waals surface area contributed by atoms with Crippen LogP contribution in [0.5, 0.6) is 0 Å². The second kappa shape index (κ2) is 7.44. The molecule has 0 aromatic rings. The van der Waals surface area contributed by atoms with Crippen molar-refractivity contribution >= 4 is 0 Å². The minimum atomic E-state index is 0.705. The van der Waals surface area contributed by atoms with Crippen LogP contribution < -0.4 is 0 Å². The zero-order valence-electron chi connectivity index (χ0n) is 18.4. The van der Waals surface area contributed by atoms with Crippen LogP contribution in [0.1, 0.15) is 118 Å². The Labute approximate surface area is 164 Å². The van der Waals surface area contributed by atoms with Crippen LogP contribution in [0.4, 0.5) is 0 Å². The monoisotopic (exact) mass is 358 g/mol. The molecule has 4 aliphatic rings. The minimum Gasteiger partial charge on any atom is -0.0628 e. The minimum absolute atomic E-state index is 0.705. The summed E-state index contributed by atoms with van der Waals surface area (Å²) in [6, 6.07) is 0. The van der Waals surface area contributed by atoms with E-state index in [0.717, 1.165) is 40.9 Å². The number of fused-ring (bicyclic) bond motifs is 5. The molecule has 5 unspecified atom stereocenters. The molecule has 7 atom stereocenters. The van der Waals surface area contributed by atoms with Crippen LogP contribution in [0, 0.1) is 46.3 Å². The van der Waals surface area contributed by atoms with Crippen LogP contribution in [0.15, 0.2) is 0 Å². The first-order chi connectivity index (χ1) is 12.4. The van der Waals surface area contributed by atoms with Gasteiger partial charge in [0, 0.05) is 0 Å². The van der Waals surface area contributed by atoms with Gasteiger partial charge in [-0.1, -0.05) is 59.8 Å². The Bertz CT molecular complexity index is 478. The SMILES string of the molecule is CC(C)CCCCC1CCC2C3CCC4CCCC[C@]4(C)C3CC[C@]12C. The fraction of sp³-hybridized carbons (Fsp3) is 1.00. The van der Waals surface area contributed by atoms with Gasteiger partial charge in [-0.3, -0.25) is 0 Å². The van der Waals surface area contributed by atoms with Gasteiger partial charge >= 0.3 is 0 Å². The number of hydrogen-bond donors (Lipinski definition) is 0. The van der Waals surface area contributed by atoms with Gasteiger partial charge in [0.1, 0.15) is 0 Å². The summed E-state index contributed by atoms with van der Waals surface area (Å²) in [5.74, 6) is 6.28. The van der Waals surface area contributed by atoms with Crippen LogP contribution in [0.25, 0.3) is 0 Å². The third-order valence-corrected chi connectivity index (χ3v) is 10.4. The molecule has 0 aromatic heterocycles. The third-order valence-electron chi connectivity index (χ3n) is 10.4. The number of unbranched alkanes of at least 4 members (excludes halogenated alkanes) is 1. The smallest absolute Gasteiger partial charge is 0.0266 e. The Morgan fingerprint density at radius 2 is 1.58 bits per heavy atom.